The van der Waals surface area contributed by atoms with Crippen molar-refractivity contribution >= 4 is 32.0 Å². The first-order valence-corrected chi connectivity index (χ1v) is 12.4. The average molecular weight is 458 g/mol. The lowest BCUT2D eigenvalue weighted by Crippen LogP contribution is -2.31. The van der Waals surface area contributed by atoms with Crippen LogP contribution in [0.5, 0.6) is 5.75 Å². The Morgan fingerprint density at radius 2 is 1.91 bits per heavy atom. The molecule has 0 aliphatic carbocycles. The van der Waals surface area contributed by atoms with Gasteiger partial charge in [-0.2, -0.15) is 3.97 Å². The third-order valence-corrected chi connectivity index (χ3v) is 7.12. The summed E-state index contributed by atoms with van der Waals surface area (Å²) in [5.74, 6) is 0.616. The molecule has 0 unspecified atom stereocenters. The summed E-state index contributed by atoms with van der Waals surface area (Å²) in [4.78, 5) is 13.4. The molecule has 0 spiro atoms. The minimum Gasteiger partial charge on any atom is -0.494 e. The topological polar surface area (TPSA) is 96.3 Å². The summed E-state index contributed by atoms with van der Waals surface area (Å²) in [6, 6.07) is 10.9. The van der Waals surface area contributed by atoms with E-state index in [9.17, 15) is 13.2 Å². The smallest absolute Gasteiger partial charge is 0.343 e. The SMILES string of the molecule is CCCCS(=O)(=O)n1c(=O)n(Cc2cccc(OCCC)c2)c2cc3c(C)noc3cc21. The minimum atomic E-state index is -3.84. The Bertz CT molecular complexity index is 1430. The van der Waals surface area contributed by atoms with Gasteiger partial charge in [0.15, 0.2) is 5.58 Å². The van der Waals surface area contributed by atoms with Crippen molar-refractivity contribution in [3.05, 3.63) is 58.1 Å². The molecule has 0 atom stereocenters. The Morgan fingerprint density at radius 3 is 2.66 bits per heavy atom. The standard InChI is InChI=1S/C23H27N3O5S/c1-4-6-11-32(28,29)26-21-14-22-19(16(3)24-31-22)13-20(21)25(23(26)27)15-17-8-7-9-18(12-17)30-10-5-2/h7-9,12-14H,4-6,10-11,15H2,1-3H3. The molecule has 0 aliphatic heterocycles. The third-order valence-electron chi connectivity index (χ3n) is 5.41. The zero-order valence-corrected chi connectivity index (χ0v) is 19.3. The monoisotopic (exact) mass is 457 g/mol. The Kier molecular flexibility index (Phi) is 6.10. The van der Waals surface area contributed by atoms with Gasteiger partial charge in [-0.15, -0.1) is 0 Å². The molecular formula is C23H27N3O5S. The van der Waals surface area contributed by atoms with Gasteiger partial charge < -0.3 is 9.26 Å². The van der Waals surface area contributed by atoms with Crippen LogP contribution >= 0.6 is 0 Å². The zero-order valence-electron chi connectivity index (χ0n) is 18.5. The first-order chi connectivity index (χ1) is 15.4. The second kappa shape index (κ2) is 8.82. The van der Waals surface area contributed by atoms with Crippen LogP contribution in [-0.2, 0) is 16.6 Å². The molecule has 0 saturated carbocycles. The molecule has 0 fully saturated rings. The fourth-order valence-corrected chi connectivity index (χ4v) is 5.37. The summed E-state index contributed by atoms with van der Waals surface area (Å²) in [6.45, 7) is 6.57. The summed E-state index contributed by atoms with van der Waals surface area (Å²) in [5, 5.41) is 4.72. The van der Waals surface area contributed by atoms with Gasteiger partial charge in [0, 0.05) is 11.5 Å². The number of hydrogen-bond donors (Lipinski definition) is 0. The highest BCUT2D eigenvalue weighted by Crippen LogP contribution is 2.26. The summed E-state index contributed by atoms with van der Waals surface area (Å²) in [6.07, 6.45) is 2.07. The molecule has 0 radical (unpaired) electrons. The van der Waals surface area contributed by atoms with E-state index in [0.717, 1.165) is 21.3 Å². The van der Waals surface area contributed by atoms with Crippen LogP contribution in [0.25, 0.3) is 22.0 Å². The van der Waals surface area contributed by atoms with E-state index in [1.54, 1.807) is 12.1 Å². The lowest BCUT2D eigenvalue weighted by atomic mass is 10.2. The fraction of sp³-hybridized carbons (Fsp3) is 0.391. The number of imidazole rings is 1. The molecule has 0 amide bonds. The van der Waals surface area contributed by atoms with Crippen LogP contribution in [0.1, 0.15) is 44.4 Å². The van der Waals surface area contributed by atoms with Gasteiger partial charge in [0.1, 0.15) is 5.75 Å². The Labute approximate surface area is 186 Å². The number of benzene rings is 2. The molecule has 2 aromatic carbocycles. The summed E-state index contributed by atoms with van der Waals surface area (Å²) in [7, 11) is -3.84. The molecule has 0 N–H and O–H groups in total. The van der Waals surface area contributed by atoms with Crippen molar-refractivity contribution in [1.82, 2.24) is 13.7 Å². The van der Waals surface area contributed by atoms with E-state index < -0.39 is 15.7 Å². The van der Waals surface area contributed by atoms with Gasteiger partial charge in [-0.1, -0.05) is 37.6 Å². The highest BCUT2D eigenvalue weighted by atomic mass is 32.2. The Balaban J connectivity index is 1.90. The lowest BCUT2D eigenvalue weighted by molar-refractivity contribution is 0.317. The number of fused-ring (bicyclic) bond motifs is 2. The van der Waals surface area contributed by atoms with Crippen LogP contribution in [0.3, 0.4) is 0 Å². The van der Waals surface area contributed by atoms with Gasteiger partial charge in [0.25, 0.3) is 0 Å². The molecule has 0 aliphatic rings. The first kappa shape index (κ1) is 22.1. The predicted molar refractivity (Wildman–Crippen MR) is 124 cm³/mol. The van der Waals surface area contributed by atoms with E-state index in [-0.39, 0.29) is 12.3 Å². The van der Waals surface area contributed by atoms with Crippen molar-refractivity contribution in [2.24, 2.45) is 0 Å². The number of hydrogen-bond acceptors (Lipinski definition) is 6. The van der Waals surface area contributed by atoms with E-state index in [1.807, 2.05) is 45.0 Å². The molecule has 0 bridgehead atoms. The highest BCUT2D eigenvalue weighted by Gasteiger charge is 2.24. The number of aromatic nitrogens is 3. The second-order valence-corrected chi connectivity index (χ2v) is 9.84. The number of aryl methyl sites for hydroxylation is 1. The third kappa shape index (κ3) is 4.04. The van der Waals surface area contributed by atoms with Crippen LogP contribution in [0.4, 0.5) is 0 Å². The van der Waals surface area contributed by atoms with Gasteiger partial charge in [0.05, 0.1) is 35.6 Å². The van der Waals surface area contributed by atoms with Crippen molar-refractivity contribution in [3.63, 3.8) is 0 Å². The Morgan fingerprint density at radius 1 is 1.09 bits per heavy atom. The summed E-state index contributed by atoms with van der Waals surface area (Å²) in [5.41, 5.74) is 2.20. The predicted octanol–water partition coefficient (Wildman–Crippen LogP) is 4.07. The molecule has 9 heteroatoms. The molecule has 4 aromatic rings. The molecule has 8 nitrogen and oxygen atoms in total. The zero-order chi connectivity index (χ0) is 22.9. The number of ether oxygens (including phenoxy) is 1. The maximum atomic E-state index is 13.4. The average Bonchev–Trinajstić information content (AvgIpc) is 3.27. The molecule has 2 heterocycles. The van der Waals surface area contributed by atoms with Gasteiger partial charge in [-0.3, -0.25) is 4.57 Å². The van der Waals surface area contributed by atoms with Gasteiger partial charge in [-0.25, -0.2) is 13.2 Å². The van der Waals surface area contributed by atoms with Gasteiger partial charge in [-0.05, 0) is 43.5 Å². The number of nitrogens with zero attached hydrogens (tertiary/aromatic N) is 3. The van der Waals surface area contributed by atoms with Crippen molar-refractivity contribution in [3.8, 4) is 5.75 Å². The molecule has 32 heavy (non-hydrogen) atoms. The molecule has 4 rings (SSSR count). The van der Waals surface area contributed by atoms with Crippen molar-refractivity contribution in [2.75, 3.05) is 12.4 Å². The van der Waals surface area contributed by atoms with E-state index in [1.165, 1.54) is 4.57 Å². The quantitative estimate of drug-likeness (QED) is 0.376. The lowest BCUT2D eigenvalue weighted by Gasteiger charge is -2.08. The van der Waals surface area contributed by atoms with Gasteiger partial charge >= 0.3 is 5.69 Å². The number of rotatable bonds is 9. The maximum Gasteiger partial charge on any atom is 0.343 e. The largest absolute Gasteiger partial charge is 0.494 e. The molecule has 0 saturated heterocycles. The van der Waals surface area contributed by atoms with Crippen LogP contribution in [0, 0.1) is 6.92 Å². The van der Waals surface area contributed by atoms with Crippen LogP contribution in [0.15, 0.2) is 45.7 Å². The van der Waals surface area contributed by atoms with Crippen molar-refractivity contribution in [1.29, 1.82) is 0 Å². The highest BCUT2D eigenvalue weighted by molar-refractivity contribution is 7.90. The molecular weight excluding hydrogens is 430 g/mol. The van der Waals surface area contributed by atoms with Crippen LogP contribution in [-0.4, -0.2) is 34.5 Å². The maximum absolute atomic E-state index is 13.4. The number of unbranched alkanes of at least 4 members (excludes halogenated alkanes) is 1. The normalized spacial score (nSPS) is 12.1. The summed E-state index contributed by atoms with van der Waals surface area (Å²) >= 11 is 0. The Hall–Kier alpha value is -3.07. The van der Waals surface area contributed by atoms with E-state index >= 15 is 0 Å². The van der Waals surface area contributed by atoms with E-state index in [2.05, 4.69) is 5.16 Å². The fourth-order valence-electron chi connectivity index (χ4n) is 3.75. The minimum absolute atomic E-state index is 0.101. The molecule has 2 aromatic heterocycles. The van der Waals surface area contributed by atoms with Gasteiger partial charge in [0.2, 0.25) is 10.0 Å². The van der Waals surface area contributed by atoms with Crippen LogP contribution in [0.2, 0.25) is 0 Å². The first-order valence-electron chi connectivity index (χ1n) is 10.8. The van der Waals surface area contributed by atoms with E-state index in [0.29, 0.717) is 47.5 Å². The second-order valence-electron chi connectivity index (χ2n) is 7.90. The van der Waals surface area contributed by atoms with Crippen molar-refractivity contribution in [2.45, 2.75) is 46.6 Å². The van der Waals surface area contributed by atoms with Crippen molar-refractivity contribution < 1.29 is 17.7 Å². The summed E-state index contributed by atoms with van der Waals surface area (Å²) < 4.78 is 39.6. The van der Waals surface area contributed by atoms with E-state index in [4.69, 9.17) is 9.26 Å². The molecule has 170 valence electrons. The van der Waals surface area contributed by atoms with Crippen LogP contribution < -0.4 is 10.4 Å².